The molecule has 0 saturated carbocycles. The second kappa shape index (κ2) is 7.17. The van der Waals surface area contributed by atoms with E-state index in [0.29, 0.717) is 0 Å². The van der Waals surface area contributed by atoms with E-state index >= 15 is 0 Å². The highest BCUT2D eigenvalue weighted by molar-refractivity contribution is 7.86. The number of hydrogen-bond acceptors (Lipinski definition) is 6. The second-order valence-corrected chi connectivity index (χ2v) is 8.30. The molecule has 0 saturated heterocycles. The third-order valence-electron chi connectivity index (χ3n) is 2.88. The van der Waals surface area contributed by atoms with Gasteiger partial charge >= 0.3 is 11.9 Å². The molecule has 0 aromatic rings. The third kappa shape index (κ3) is 6.09. The molecule has 0 aliphatic heterocycles. The van der Waals surface area contributed by atoms with Crippen molar-refractivity contribution in [2.75, 3.05) is 0 Å². The Morgan fingerprint density at radius 2 is 1.00 bits per heavy atom. The maximum absolute atomic E-state index is 11.1. The molecule has 4 N–H and O–H groups in total. The van der Waals surface area contributed by atoms with Crippen molar-refractivity contribution in [2.45, 2.75) is 37.2 Å². The van der Waals surface area contributed by atoms with Gasteiger partial charge in [0, 0.05) is 11.1 Å². The first-order valence-corrected chi connectivity index (χ1v) is 8.79. The fraction of sp³-hybridized carbons (Fsp3) is 0.600. The molecule has 0 radical (unpaired) electrons. The maximum atomic E-state index is 11.1. The van der Waals surface area contributed by atoms with Crippen molar-refractivity contribution in [2.24, 2.45) is 0 Å². The summed E-state index contributed by atoms with van der Waals surface area (Å²) in [6.45, 7) is 1.92. The van der Waals surface area contributed by atoms with Gasteiger partial charge in [-0.1, -0.05) is 0 Å². The van der Waals surface area contributed by atoms with Crippen molar-refractivity contribution in [3.8, 4) is 0 Å². The first-order chi connectivity index (χ1) is 9.67. The van der Waals surface area contributed by atoms with Gasteiger partial charge in [-0.05, 0) is 26.7 Å². The highest BCUT2D eigenvalue weighted by atomic mass is 32.2. The molecular weight excluding hydrogens is 344 g/mol. The van der Waals surface area contributed by atoms with Crippen LogP contribution in [0.25, 0.3) is 0 Å². The molecule has 0 aliphatic rings. The van der Waals surface area contributed by atoms with Crippen LogP contribution in [0.3, 0.4) is 0 Å². The predicted octanol–water partition coefficient (Wildman–Crippen LogP) is -0.215. The Bertz CT molecular complexity index is 625. The summed E-state index contributed by atoms with van der Waals surface area (Å²) in [6, 6.07) is 0. The Morgan fingerprint density at radius 3 is 1.14 bits per heavy atom. The smallest absolute Gasteiger partial charge is 0.332 e. The average Bonchev–Trinajstić information content (AvgIpc) is 2.29. The highest BCUT2D eigenvalue weighted by Crippen LogP contribution is 2.22. The van der Waals surface area contributed by atoms with Crippen LogP contribution in [-0.2, 0) is 29.8 Å². The standard InChI is InChI=1S/C10H16O10S2/c1-5(21(15,16)17)3-7(9(11)12)8(10(13)14)4-6(2)22(18,19)20/h5-6H,3-4H2,1-2H3,(H,11,12)(H,13,14)(H,15,16,17)(H,18,19,20)/b8-7-. The number of carboxylic acids is 2. The quantitative estimate of drug-likeness (QED) is 0.333. The summed E-state index contributed by atoms with van der Waals surface area (Å²) in [5.74, 6) is -3.54. The van der Waals surface area contributed by atoms with E-state index in [4.69, 9.17) is 19.3 Å². The molecule has 0 aromatic carbocycles. The molecule has 0 aliphatic carbocycles. The summed E-state index contributed by atoms with van der Waals surface area (Å²) in [4.78, 5) is 22.3. The van der Waals surface area contributed by atoms with E-state index in [1.165, 1.54) is 0 Å². The lowest BCUT2D eigenvalue weighted by Gasteiger charge is -2.14. The normalized spacial score (nSPS) is 16.5. The Labute approximate surface area is 127 Å². The van der Waals surface area contributed by atoms with Gasteiger partial charge in [0.15, 0.2) is 0 Å². The van der Waals surface area contributed by atoms with Crippen molar-refractivity contribution >= 4 is 32.2 Å². The molecule has 0 heterocycles. The van der Waals surface area contributed by atoms with E-state index in [9.17, 15) is 26.4 Å². The summed E-state index contributed by atoms with van der Waals surface area (Å²) >= 11 is 0. The van der Waals surface area contributed by atoms with Gasteiger partial charge in [-0.2, -0.15) is 16.8 Å². The van der Waals surface area contributed by atoms with Gasteiger partial charge in [-0.25, -0.2) is 9.59 Å². The van der Waals surface area contributed by atoms with Gasteiger partial charge in [-0.3, -0.25) is 9.11 Å². The molecule has 0 bridgehead atoms. The van der Waals surface area contributed by atoms with Crippen LogP contribution in [0.2, 0.25) is 0 Å². The molecule has 128 valence electrons. The minimum Gasteiger partial charge on any atom is -0.478 e. The van der Waals surface area contributed by atoms with Crippen LogP contribution < -0.4 is 0 Å². The Kier molecular flexibility index (Phi) is 6.69. The zero-order valence-electron chi connectivity index (χ0n) is 11.6. The number of carboxylic acid groups (broad SMARTS) is 2. The van der Waals surface area contributed by atoms with Crippen molar-refractivity contribution in [1.82, 2.24) is 0 Å². The van der Waals surface area contributed by atoms with Gasteiger partial charge < -0.3 is 10.2 Å². The van der Waals surface area contributed by atoms with E-state index in [1.54, 1.807) is 0 Å². The Balaban J connectivity index is 5.89. The molecule has 0 spiro atoms. The Hall–Kier alpha value is -1.50. The maximum Gasteiger partial charge on any atom is 0.332 e. The molecule has 0 rings (SSSR count). The summed E-state index contributed by atoms with van der Waals surface area (Å²) in [6.07, 6.45) is -1.68. The van der Waals surface area contributed by atoms with Crippen LogP contribution in [0.4, 0.5) is 0 Å². The summed E-state index contributed by atoms with van der Waals surface area (Å²) in [5, 5.41) is 14.8. The molecule has 2 atom stereocenters. The SMILES string of the molecule is CC(C/C(C(=O)O)=C(\CC(C)S(=O)(=O)O)C(=O)O)S(=O)(=O)O. The zero-order chi connectivity index (χ0) is 17.9. The van der Waals surface area contributed by atoms with Crippen molar-refractivity contribution in [3.05, 3.63) is 11.1 Å². The third-order valence-corrected chi connectivity index (χ3v) is 5.25. The molecule has 12 heteroatoms. The van der Waals surface area contributed by atoms with Crippen LogP contribution in [0.15, 0.2) is 11.1 Å². The van der Waals surface area contributed by atoms with E-state index in [-0.39, 0.29) is 0 Å². The Morgan fingerprint density at radius 1 is 0.773 bits per heavy atom. The van der Waals surface area contributed by atoms with Crippen LogP contribution in [0.1, 0.15) is 26.7 Å². The minimum absolute atomic E-state index is 0.839. The minimum atomic E-state index is -4.61. The van der Waals surface area contributed by atoms with Crippen LogP contribution in [-0.4, -0.2) is 58.6 Å². The van der Waals surface area contributed by atoms with Gasteiger partial charge in [0.25, 0.3) is 20.2 Å². The number of rotatable bonds is 8. The fourth-order valence-corrected chi connectivity index (χ4v) is 2.22. The van der Waals surface area contributed by atoms with Gasteiger partial charge in [0.05, 0.1) is 10.5 Å². The molecule has 22 heavy (non-hydrogen) atoms. The summed E-state index contributed by atoms with van der Waals surface area (Å²) in [7, 11) is -9.21. The number of hydrogen-bond donors (Lipinski definition) is 4. The topological polar surface area (TPSA) is 183 Å². The summed E-state index contributed by atoms with van der Waals surface area (Å²) in [5.41, 5.74) is -1.73. The van der Waals surface area contributed by atoms with Gasteiger partial charge in [-0.15, -0.1) is 0 Å². The van der Waals surface area contributed by atoms with E-state index in [2.05, 4.69) is 0 Å². The average molecular weight is 360 g/mol. The molecule has 0 fully saturated rings. The van der Waals surface area contributed by atoms with Crippen molar-refractivity contribution in [1.29, 1.82) is 0 Å². The summed E-state index contributed by atoms with van der Waals surface area (Å²) < 4.78 is 61.3. The molecular formula is C10H16O10S2. The molecule has 0 amide bonds. The lowest BCUT2D eigenvalue weighted by molar-refractivity contribution is -0.136. The molecule has 10 nitrogen and oxygen atoms in total. The van der Waals surface area contributed by atoms with Crippen LogP contribution >= 0.6 is 0 Å². The van der Waals surface area contributed by atoms with Gasteiger partial charge in [0.2, 0.25) is 0 Å². The second-order valence-electron chi connectivity index (χ2n) is 4.63. The fourth-order valence-electron chi connectivity index (χ4n) is 1.46. The van der Waals surface area contributed by atoms with Crippen LogP contribution in [0.5, 0.6) is 0 Å². The molecule has 0 aromatic heterocycles. The van der Waals surface area contributed by atoms with Gasteiger partial charge in [0.1, 0.15) is 0 Å². The first-order valence-electron chi connectivity index (χ1n) is 5.79. The largest absolute Gasteiger partial charge is 0.478 e. The van der Waals surface area contributed by atoms with E-state index in [1.807, 2.05) is 0 Å². The molecule has 2 unspecified atom stereocenters. The first kappa shape index (κ1) is 20.5. The lowest BCUT2D eigenvalue weighted by atomic mass is 9.99. The van der Waals surface area contributed by atoms with Crippen molar-refractivity contribution in [3.63, 3.8) is 0 Å². The van der Waals surface area contributed by atoms with Crippen LogP contribution in [0, 0.1) is 0 Å². The highest BCUT2D eigenvalue weighted by Gasteiger charge is 2.30. The zero-order valence-corrected chi connectivity index (χ0v) is 13.3. The van der Waals surface area contributed by atoms with E-state index < -0.39 is 66.7 Å². The number of aliphatic carboxylic acids is 2. The monoisotopic (exact) mass is 360 g/mol. The lowest BCUT2D eigenvalue weighted by Crippen LogP contribution is -2.25. The predicted molar refractivity (Wildman–Crippen MR) is 73.6 cm³/mol. The van der Waals surface area contributed by atoms with E-state index in [0.717, 1.165) is 13.8 Å². The van der Waals surface area contributed by atoms with Crippen molar-refractivity contribution < 1.29 is 45.7 Å². The number of carbonyl (C=O) groups is 2.